The highest BCUT2D eigenvalue weighted by molar-refractivity contribution is 7.85. The first kappa shape index (κ1) is 17.1. The summed E-state index contributed by atoms with van der Waals surface area (Å²) >= 11 is 0. The molecule has 0 radical (unpaired) electrons. The molecule has 2 aromatic rings. The van der Waals surface area contributed by atoms with Crippen LogP contribution in [-0.4, -0.2) is 40.8 Å². The number of nitrogens with zero attached hydrogens (tertiary/aromatic N) is 4. The zero-order valence-corrected chi connectivity index (χ0v) is 13.9. The first-order valence-electron chi connectivity index (χ1n) is 7.80. The second-order valence-corrected chi connectivity index (χ2v) is 7.80. The second kappa shape index (κ2) is 6.66. The highest BCUT2D eigenvalue weighted by atomic mass is 32.2. The van der Waals surface area contributed by atoms with E-state index in [1.54, 1.807) is 0 Å². The molecule has 3 rings (SSSR count). The lowest BCUT2D eigenvalue weighted by Gasteiger charge is -2.29. The lowest BCUT2D eigenvalue weighted by atomic mass is 9.95. The third kappa shape index (κ3) is 3.52. The quantitative estimate of drug-likeness (QED) is 0.906. The van der Waals surface area contributed by atoms with E-state index in [0.29, 0.717) is 12.2 Å². The first-order chi connectivity index (χ1) is 11.4. The Morgan fingerprint density at radius 1 is 1.42 bits per heavy atom. The van der Waals surface area contributed by atoms with Gasteiger partial charge in [0.1, 0.15) is 12.1 Å². The van der Waals surface area contributed by atoms with Crippen LogP contribution in [0.4, 0.5) is 19.0 Å². The molecule has 1 aliphatic carbocycles. The zero-order chi connectivity index (χ0) is 17.3. The summed E-state index contributed by atoms with van der Waals surface area (Å²) in [4.78, 5) is 7.25. The monoisotopic (exact) mass is 361 g/mol. The van der Waals surface area contributed by atoms with Crippen LogP contribution in [0, 0.1) is 0 Å². The maximum Gasteiger partial charge on any atom is 0.433 e. The predicted molar refractivity (Wildman–Crippen MR) is 84.1 cm³/mol. The fraction of sp³-hybridized carbons (Fsp3) is 0.643. The lowest BCUT2D eigenvalue weighted by molar-refractivity contribution is -0.141. The molecule has 1 saturated carbocycles. The molecule has 0 spiro atoms. The van der Waals surface area contributed by atoms with Crippen molar-refractivity contribution in [2.45, 2.75) is 50.1 Å². The molecule has 0 aromatic carbocycles. The van der Waals surface area contributed by atoms with Crippen LogP contribution in [0.1, 0.15) is 38.3 Å². The predicted octanol–water partition coefficient (Wildman–Crippen LogP) is 2.63. The smallest absolute Gasteiger partial charge is 0.367 e. The van der Waals surface area contributed by atoms with Crippen LogP contribution in [-0.2, 0) is 17.0 Å². The van der Waals surface area contributed by atoms with Gasteiger partial charge in [0, 0.05) is 33.9 Å². The Labute approximate surface area is 139 Å². The van der Waals surface area contributed by atoms with Gasteiger partial charge in [-0.05, 0) is 19.3 Å². The molecule has 2 aromatic heterocycles. The van der Waals surface area contributed by atoms with Gasteiger partial charge >= 0.3 is 6.18 Å². The van der Waals surface area contributed by atoms with E-state index >= 15 is 0 Å². The summed E-state index contributed by atoms with van der Waals surface area (Å²) in [5, 5.41) is 7.13. The van der Waals surface area contributed by atoms with Crippen molar-refractivity contribution in [3.8, 4) is 0 Å². The SMILES string of the molecule is CCS(=O)C1CCCC(Nc2cc(C(F)(F)F)nc3ncnn23)C1. The largest absolute Gasteiger partial charge is 0.433 e. The Kier molecular flexibility index (Phi) is 4.75. The third-order valence-corrected chi connectivity index (χ3v) is 5.92. The van der Waals surface area contributed by atoms with E-state index in [1.165, 1.54) is 10.8 Å². The number of halogens is 3. The number of nitrogens with one attached hydrogen (secondary N) is 1. The van der Waals surface area contributed by atoms with Gasteiger partial charge in [0.25, 0.3) is 5.78 Å². The van der Waals surface area contributed by atoms with Crippen LogP contribution in [0.3, 0.4) is 0 Å². The van der Waals surface area contributed by atoms with Crippen LogP contribution in [0.5, 0.6) is 0 Å². The summed E-state index contributed by atoms with van der Waals surface area (Å²) in [5.74, 6) is 0.702. The van der Waals surface area contributed by atoms with Gasteiger partial charge in [-0.2, -0.15) is 27.8 Å². The second-order valence-electron chi connectivity index (χ2n) is 5.80. The molecular formula is C14H18F3N5OS. The summed E-state index contributed by atoms with van der Waals surface area (Å²) in [6.45, 7) is 1.88. The van der Waals surface area contributed by atoms with Crippen molar-refractivity contribution in [2.24, 2.45) is 0 Å². The van der Waals surface area contributed by atoms with Crippen LogP contribution in [0.2, 0.25) is 0 Å². The van der Waals surface area contributed by atoms with E-state index < -0.39 is 22.7 Å². The molecule has 132 valence electrons. The molecule has 3 atom stereocenters. The maximum atomic E-state index is 13.0. The standard InChI is InChI=1S/C14H18F3N5OS/c1-2-24(23)10-5-3-4-9(6-10)20-12-7-11(14(15,16)17)21-13-18-8-19-22(12)13/h7-10,20H,2-6H2,1H3. The Morgan fingerprint density at radius 3 is 2.92 bits per heavy atom. The molecule has 1 aliphatic rings. The van der Waals surface area contributed by atoms with Gasteiger partial charge in [-0.25, -0.2) is 4.98 Å². The molecule has 3 unspecified atom stereocenters. The summed E-state index contributed by atoms with van der Waals surface area (Å²) in [5.41, 5.74) is -1.00. The maximum absolute atomic E-state index is 13.0. The van der Waals surface area contributed by atoms with E-state index in [4.69, 9.17) is 0 Å². The fourth-order valence-corrected chi connectivity index (χ4v) is 4.37. The van der Waals surface area contributed by atoms with Crippen molar-refractivity contribution < 1.29 is 17.4 Å². The lowest BCUT2D eigenvalue weighted by Crippen LogP contribution is -2.33. The van der Waals surface area contributed by atoms with E-state index in [2.05, 4.69) is 20.4 Å². The minimum Gasteiger partial charge on any atom is -0.367 e. The van der Waals surface area contributed by atoms with Gasteiger partial charge in [0.2, 0.25) is 0 Å². The summed E-state index contributed by atoms with van der Waals surface area (Å²) in [6, 6.07) is 0.900. The summed E-state index contributed by atoms with van der Waals surface area (Å²) in [6.07, 6.45) is -0.114. The van der Waals surface area contributed by atoms with Crippen molar-refractivity contribution in [3.05, 3.63) is 18.1 Å². The Morgan fingerprint density at radius 2 is 2.21 bits per heavy atom. The Hall–Kier alpha value is -1.71. The number of anilines is 1. The van der Waals surface area contributed by atoms with Gasteiger partial charge < -0.3 is 5.32 Å². The summed E-state index contributed by atoms with van der Waals surface area (Å²) in [7, 11) is -0.897. The van der Waals surface area contributed by atoms with Crippen molar-refractivity contribution in [1.29, 1.82) is 0 Å². The molecule has 1 fully saturated rings. The van der Waals surface area contributed by atoms with Crippen molar-refractivity contribution in [3.63, 3.8) is 0 Å². The Balaban J connectivity index is 1.86. The van der Waals surface area contributed by atoms with Crippen LogP contribution < -0.4 is 5.32 Å². The zero-order valence-electron chi connectivity index (χ0n) is 13.1. The molecule has 24 heavy (non-hydrogen) atoms. The van der Waals surface area contributed by atoms with Crippen LogP contribution >= 0.6 is 0 Å². The Bertz CT molecular complexity index is 748. The summed E-state index contributed by atoms with van der Waals surface area (Å²) < 4.78 is 52.3. The molecule has 1 N–H and O–H groups in total. The molecule has 6 nitrogen and oxygen atoms in total. The van der Waals surface area contributed by atoms with Gasteiger partial charge in [-0.1, -0.05) is 13.3 Å². The molecule has 10 heteroatoms. The van der Waals surface area contributed by atoms with Gasteiger partial charge in [0.15, 0.2) is 5.69 Å². The van der Waals surface area contributed by atoms with Crippen molar-refractivity contribution in [2.75, 3.05) is 11.1 Å². The average molecular weight is 361 g/mol. The number of fused-ring (bicyclic) bond motifs is 1. The fourth-order valence-electron chi connectivity index (χ4n) is 3.02. The number of aromatic nitrogens is 4. The third-order valence-electron chi connectivity index (χ3n) is 4.18. The number of rotatable bonds is 4. The first-order valence-corrected chi connectivity index (χ1v) is 9.18. The van der Waals surface area contributed by atoms with Crippen molar-refractivity contribution in [1.82, 2.24) is 19.6 Å². The number of alkyl halides is 3. The molecule has 0 saturated heterocycles. The molecule has 0 amide bonds. The van der Waals surface area contributed by atoms with Crippen LogP contribution in [0.15, 0.2) is 12.4 Å². The van der Waals surface area contributed by atoms with E-state index in [1.807, 2.05) is 6.92 Å². The minimum absolute atomic E-state index is 0.0462. The highest BCUT2D eigenvalue weighted by Crippen LogP contribution is 2.31. The van der Waals surface area contributed by atoms with E-state index in [0.717, 1.165) is 25.3 Å². The van der Waals surface area contributed by atoms with E-state index in [-0.39, 0.29) is 22.9 Å². The molecular weight excluding hydrogens is 343 g/mol. The highest BCUT2D eigenvalue weighted by Gasteiger charge is 2.34. The van der Waals surface area contributed by atoms with Crippen LogP contribution in [0.25, 0.3) is 5.78 Å². The van der Waals surface area contributed by atoms with Crippen molar-refractivity contribution >= 4 is 22.4 Å². The normalized spacial score (nSPS) is 23.3. The number of hydrogen-bond donors (Lipinski definition) is 1. The topological polar surface area (TPSA) is 72.2 Å². The van der Waals surface area contributed by atoms with E-state index in [9.17, 15) is 17.4 Å². The number of hydrogen-bond acceptors (Lipinski definition) is 5. The molecule has 2 heterocycles. The minimum atomic E-state index is -4.55. The van der Waals surface area contributed by atoms with Gasteiger partial charge in [0.05, 0.1) is 0 Å². The molecule has 0 bridgehead atoms. The molecule has 0 aliphatic heterocycles. The van der Waals surface area contributed by atoms with Gasteiger partial charge in [-0.3, -0.25) is 4.21 Å². The van der Waals surface area contributed by atoms with Gasteiger partial charge in [-0.15, -0.1) is 0 Å². The average Bonchev–Trinajstić information content (AvgIpc) is 3.02.